The fourth-order valence-corrected chi connectivity index (χ4v) is 3.04. The lowest BCUT2D eigenvalue weighted by Gasteiger charge is -2.13. The molecule has 1 aliphatic carbocycles. The molecule has 1 unspecified atom stereocenters. The van der Waals surface area contributed by atoms with Crippen LogP contribution < -0.4 is 0 Å². The molecule has 0 spiro atoms. The quantitative estimate of drug-likeness (QED) is 0.334. The Kier molecular flexibility index (Phi) is 5.22. The Balaban J connectivity index is 2.16. The summed E-state index contributed by atoms with van der Waals surface area (Å²) in [6, 6.07) is 5.70. The van der Waals surface area contributed by atoms with Gasteiger partial charge in [-0.1, -0.05) is 55.1 Å². The zero-order valence-electron chi connectivity index (χ0n) is 13.0. The van der Waals surface area contributed by atoms with Crippen molar-refractivity contribution in [3.8, 4) is 12.3 Å². The molecule has 1 aromatic rings. The molecule has 1 saturated carbocycles. The molecule has 1 aliphatic rings. The van der Waals surface area contributed by atoms with Gasteiger partial charge in [0.25, 0.3) is 5.69 Å². The molecule has 1 aromatic carbocycles. The van der Waals surface area contributed by atoms with Crippen molar-refractivity contribution >= 4 is 34.9 Å². The molecule has 0 heterocycles. The van der Waals surface area contributed by atoms with Crippen molar-refractivity contribution < 1.29 is 14.5 Å². The minimum atomic E-state index is -0.995. The summed E-state index contributed by atoms with van der Waals surface area (Å²) in [6.45, 7) is 3.80. The van der Waals surface area contributed by atoms with Gasteiger partial charge in [0.1, 0.15) is 4.49 Å². The van der Waals surface area contributed by atoms with E-state index in [9.17, 15) is 14.9 Å². The normalized spacial score (nSPS) is 22.0. The second-order valence-corrected chi connectivity index (χ2v) is 7.12. The highest BCUT2D eigenvalue weighted by molar-refractivity contribution is 6.55. The second-order valence-electron chi connectivity index (χ2n) is 6.12. The highest BCUT2D eigenvalue weighted by atomic mass is 35.5. The van der Waals surface area contributed by atoms with E-state index < -0.39 is 22.9 Å². The van der Waals surface area contributed by atoms with Crippen LogP contribution >= 0.6 is 23.2 Å². The van der Waals surface area contributed by atoms with Crippen LogP contribution in [0.15, 0.2) is 34.8 Å². The van der Waals surface area contributed by atoms with Crippen LogP contribution in [0.5, 0.6) is 0 Å². The zero-order valence-corrected chi connectivity index (χ0v) is 14.5. The molecule has 0 N–H and O–H groups in total. The van der Waals surface area contributed by atoms with Crippen molar-refractivity contribution in [3.05, 3.63) is 50.5 Å². The average molecular weight is 368 g/mol. The van der Waals surface area contributed by atoms with E-state index in [1.54, 1.807) is 12.1 Å². The number of nitro groups is 1. The fourth-order valence-electron chi connectivity index (χ4n) is 2.76. The van der Waals surface area contributed by atoms with Gasteiger partial charge in [-0.2, -0.15) is 0 Å². The third-order valence-electron chi connectivity index (χ3n) is 4.24. The van der Waals surface area contributed by atoms with Crippen LogP contribution in [0.1, 0.15) is 25.5 Å². The molecule has 7 heteroatoms. The number of hydrogen-bond donors (Lipinski definition) is 0. The lowest BCUT2D eigenvalue weighted by Crippen LogP contribution is -2.14. The third kappa shape index (κ3) is 3.72. The zero-order chi connectivity index (χ0) is 18.1. The SMILES string of the molecule is C#CC(OC(=O)[C@@H]1[C@H](C=C(Cl)Cl)C1(C)C)c1cccc([N+](=O)[O-])c1. The number of benzene rings is 1. The van der Waals surface area contributed by atoms with Gasteiger partial charge in [-0.15, -0.1) is 6.42 Å². The first-order valence-electron chi connectivity index (χ1n) is 7.12. The Labute approximate surface area is 149 Å². The number of nitrogens with zero attached hydrogens (tertiary/aromatic N) is 1. The molecule has 0 radical (unpaired) electrons. The molecule has 0 bridgehead atoms. The number of allylic oxidation sites excluding steroid dienone is 1. The second kappa shape index (κ2) is 6.84. The van der Waals surface area contributed by atoms with Crippen LogP contribution in [0.2, 0.25) is 0 Å². The third-order valence-corrected chi connectivity index (χ3v) is 4.49. The minimum absolute atomic E-state index is 0.0931. The van der Waals surface area contributed by atoms with E-state index in [-0.39, 0.29) is 21.5 Å². The summed E-state index contributed by atoms with van der Waals surface area (Å²) < 4.78 is 5.47. The number of halogens is 2. The Hall–Kier alpha value is -2.03. The summed E-state index contributed by atoms with van der Waals surface area (Å²) >= 11 is 11.3. The summed E-state index contributed by atoms with van der Waals surface area (Å²) in [6.07, 6.45) is 6.04. The molecule has 24 heavy (non-hydrogen) atoms. The van der Waals surface area contributed by atoms with E-state index in [4.69, 9.17) is 34.4 Å². The van der Waals surface area contributed by atoms with Crippen LogP contribution in [0.4, 0.5) is 5.69 Å². The topological polar surface area (TPSA) is 69.4 Å². The van der Waals surface area contributed by atoms with Gasteiger partial charge in [0.2, 0.25) is 0 Å². The Morgan fingerprint density at radius 3 is 2.71 bits per heavy atom. The van der Waals surface area contributed by atoms with Crippen molar-refractivity contribution in [2.45, 2.75) is 20.0 Å². The van der Waals surface area contributed by atoms with Crippen molar-refractivity contribution in [3.63, 3.8) is 0 Å². The standard InChI is InChI=1S/C17H15Cl2NO4/c1-4-13(10-6-5-7-11(8-10)20(22)23)24-16(21)15-12(9-14(18)19)17(15,2)3/h1,5-9,12-13,15H,2-3H3/t12-,13?,15-/m0/s1. The smallest absolute Gasteiger partial charge is 0.311 e. The minimum Gasteiger partial charge on any atom is -0.444 e. The maximum Gasteiger partial charge on any atom is 0.311 e. The molecular formula is C17H15Cl2NO4. The van der Waals surface area contributed by atoms with Gasteiger partial charge >= 0.3 is 5.97 Å². The molecule has 3 atom stereocenters. The first-order chi connectivity index (χ1) is 11.2. The molecule has 0 aliphatic heterocycles. The highest BCUT2D eigenvalue weighted by Gasteiger charge is 2.61. The lowest BCUT2D eigenvalue weighted by molar-refractivity contribution is -0.385. The van der Waals surface area contributed by atoms with E-state index in [0.717, 1.165) is 0 Å². The molecule has 1 fully saturated rings. The molecular weight excluding hydrogens is 353 g/mol. The monoisotopic (exact) mass is 367 g/mol. The van der Waals surface area contributed by atoms with Crippen LogP contribution in [-0.2, 0) is 9.53 Å². The van der Waals surface area contributed by atoms with Gasteiger partial charge in [-0.05, 0) is 17.4 Å². The van der Waals surface area contributed by atoms with Gasteiger partial charge in [0.15, 0.2) is 6.10 Å². The highest BCUT2D eigenvalue weighted by Crippen LogP contribution is 2.60. The summed E-state index contributed by atoms with van der Waals surface area (Å²) in [5.74, 6) is 1.31. The Bertz CT molecular complexity index is 747. The van der Waals surface area contributed by atoms with E-state index in [0.29, 0.717) is 5.56 Å². The van der Waals surface area contributed by atoms with Crippen molar-refractivity contribution in [2.24, 2.45) is 17.3 Å². The number of hydrogen-bond acceptors (Lipinski definition) is 4. The summed E-state index contributed by atoms with van der Waals surface area (Å²) in [5.41, 5.74) is -0.0835. The van der Waals surface area contributed by atoms with Crippen LogP contribution in [-0.4, -0.2) is 10.9 Å². The van der Waals surface area contributed by atoms with Crippen LogP contribution in [0, 0.1) is 39.7 Å². The summed E-state index contributed by atoms with van der Waals surface area (Å²) in [4.78, 5) is 22.7. The number of carbonyl (C=O) groups is 1. The van der Waals surface area contributed by atoms with Gasteiger partial charge in [-0.3, -0.25) is 14.9 Å². The molecule has 5 nitrogen and oxygen atoms in total. The number of non-ortho nitro benzene ring substituents is 1. The largest absolute Gasteiger partial charge is 0.444 e. The van der Waals surface area contributed by atoms with Gasteiger partial charge in [0.05, 0.1) is 10.8 Å². The number of terminal acetylenes is 1. The van der Waals surface area contributed by atoms with Crippen molar-refractivity contribution in [2.75, 3.05) is 0 Å². The number of nitro benzene ring substituents is 1. The lowest BCUT2D eigenvalue weighted by atomic mass is 10.1. The maximum atomic E-state index is 12.4. The molecule has 0 saturated heterocycles. The van der Waals surface area contributed by atoms with E-state index in [1.165, 1.54) is 18.2 Å². The van der Waals surface area contributed by atoms with Gasteiger partial charge < -0.3 is 4.74 Å². The average Bonchev–Trinajstić information content (AvgIpc) is 3.04. The van der Waals surface area contributed by atoms with E-state index in [2.05, 4.69) is 5.92 Å². The fraction of sp³-hybridized carbons (Fsp3) is 0.353. The first-order valence-corrected chi connectivity index (χ1v) is 7.88. The Morgan fingerprint density at radius 2 is 2.17 bits per heavy atom. The first kappa shape index (κ1) is 18.3. The van der Waals surface area contributed by atoms with E-state index in [1.807, 2.05) is 13.8 Å². The predicted molar refractivity (Wildman–Crippen MR) is 91.3 cm³/mol. The van der Waals surface area contributed by atoms with Gasteiger partial charge in [-0.25, -0.2) is 0 Å². The number of carbonyl (C=O) groups excluding carboxylic acids is 1. The molecule has 0 amide bonds. The summed E-state index contributed by atoms with van der Waals surface area (Å²) in [5, 5.41) is 10.9. The number of ether oxygens (including phenoxy) is 1. The van der Waals surface area contributed by atoms with Crippen molar-refractivity contribution in [1.29, 1.82) is 0 Å². The van der Waals surface area contributed by atoms with Crippen molar-refractivity contribution in [1.82, 2.24) is 0 Å². The van der Waals surface area contributed by atoms with Crippen LogP contribution in [0.25, 0.3) is 0 Å². The van der Waals surface area contributed by atoms with E-state index >= 15 is 0 Å². The van der Waals surface area contributed by atoms with Crippen LogP contribution in [0.3, 0.4) is 0 Å². The molecule has 0 aromatic heterocycles. The number of esters is 1. The molecule has 126 valence electrons. The van der Waals surface area contributed by atoms with Gasteiger partial charge in [0, 0.05) is 17.7 Å². The maximum absolute atomic E-state index is 12.4. The summed E-state index contributed by atoms with van der Waals surface area (Å²) in [7, 11) is 0. The predicted octanol–water partition coefficient (Wildman–Crippen LogP) is 4.40. The Morgan fingerprint density at radius 1 is 1.50 bits per heavy atom. The molecule has 2 rings (SSSR count). The number of rotatable bonds is 5.